The first kappa shape index (κ1) is 17.6. The van der Waals surface area contributed by atoms with Crippen molar-refractivity contribution >= 4 is 44.4 Å². The van der Waals surface area contributed by atoms with Crippen molar-refractivity contribution in [3.63, 3.8) is 0 Å². The zero-order chi connectivity index (χ0) is 18.2. The molecule has 0 aliphatic carbocycles. The van der Waals surface area contributed by atoms with E-state index in [1.54, 1.807) is 0 Å². The molecule has 0 saturated carbocycles. The summed E-state index contributed by atoms with van der Waals surface area (Å²) in [4.78, 5) is 16.1. The van der Waals surface area contributed by atoms with Crippen LogP contribution in [0.2, 0.25) is 0 Å². The van der Waals surface area contributed by atoms with Crippen molar-refractivity contribution in [3.8, 4) is 0 Å². The Morgan fingerprint density at radius 1 is 1.36 bits per heavy atom. The standard InChI is InChI=1S/C13H9F4N5OS2/c1-22-10(13(15,16)17)20-21-12(22)24-5-9(23)19-11-18-7-3-2-6(14)4-8(7)25-11/h2-4H,5H2,1H3,(H,18,19,23). The van der Waals surface area contributed by atoms with Gasteiger partial charge >= 0.3 is 6.18 Å². The summed E-state index contributed by atoms with van der Waals surface area (Å²) in [5, 5.41) is 9.27. The van der Waals surface area contributed by atoms with Gasteiger partial charge in [0.15, 0.2) is 10.3 Å². The molecule has 3 aromatic rings. The van der Waals surface area contributed by atoms with E-state index in [1.165, 1.54) is 25.2 Å². The number of halogens is 4. The number of carbonyl (C=O) groups excluding carboxylic acids is 1. The molecule has 0 spiro atoms. The van der Waals surface area contributed by atoms with Crippen molar-refractivity contribution < 1.29 is 22.4 Å². The molecule has 3 rings (SSSR count). The first-order valence-corrected chi connectivity index (χ1v) is 8.49. The molecule has 1 aromatic carbocycles. The molecule has 0 aliphatic heterocycles. The van der Waals surface area contributed by atoms with Gasteiger partial charge in [-0.05, 0) is 18.2 Å². The van der Waals surface area contributed by atoms with Gasteiger partial charge in [0.1, 0.15) is 5.82 Å². The molecule has 2 aromatic heterocycles. The van der Waals surface area contributed by atoms with Crippen LogP contribution >= 0.6 is 23.1 Å². The van der Waals surface area contributed by atoms with Crippen LogP contribution in [0.15, 0.2) is 23.4 Å². The molecule has 0 fully saturated rings. The second kappa shape index (κ2) is 6.59. The second-order valence-corrected chi connectivity index (χ2v) is 6.80. The highest BCUT2D eigenvalue weighted by atomic mass is 32.2. The normalized spacial score (nSPS) is 11.9. The van der Waals surface area contributed by atoms with Gasteiger partial charge in [0.05, 0.1) is 16.0 Å². The Balaban J connectivity index is 1.64. The zero-order valence-electron chi connectivity index (χ0n) is 12.5. The molecule has 0 aliphatic rings. The number of rotatable bonds is 4. The number of nitrogens with one attached hydrogen (secondary N) is 1. The monoisotopic (exact) mass is 391 g/mol. The maximum atomic E-state index is 13.1. The third kappa shape index (κ3) is 3.90. The lowest BCUT2D eigenvalue weighted by molar-refractivity contribution is -0.147. The lowest BCUT2D eigenvalue weighted by Gasteiger charge is -2.06. The largest absolute Gasteiger partial charge is 0.451 e. The Hall–Kier alpha value is -2.21. The van der Waals surface area contributed by atoms with Gasteiger partial charge in [0, 0.05) is 7.05 Å². The first-order valence-electron chi connectivity index (χ1n) is 6.69. The molecule has 12 heteroatoms. The number of nitrogens with zero attached hydrogens (tertiary/aromatic N) is 4. The predicted octanol–water partition coefficient (Wildman–Crippen LogP) is 3.31. The topological polar surface area (TPSA) is 72.7 Å². The van der Waals surface area contributed by atoms with Gasteiger partial charge in [-0.1, -0.05) is 23.1 Å². The lowest BCUT2D eigenvalue weighted by atomic mass is 10.3. The number of amides is 1. The van der Waals surface area contributed by atoms with Crippen LogP contribution in [0.1, 0.15) is 5.82 Å². The summed E-state index contributed by atoms with van der Waals surface area (Å²) < 4.78 is 52.4. The maximum Gasteiger partial charge on any atom is 0.451 e. The number of benzene rings is 1. The van der Waals surface area contributed by atoms with Crippen molar-refractivity contribution in [2.45, 2.75) is 11.3 Å². The molecule has 132 valence electrons. The highest BCUT2D eigenvalue weighted by Crippen LogP contribution is 2.30. The van der Waals surface area contributed by atoms with E-state index in [9.17, 15) is 22.4 Å². The van der Waals surface area contributed by atoms with E-state index in [2.05, 4.69) is 20.5 Å². The highest BCUT2D eigenvalue weighted by molar-refractivity contribution is 7.99. The van der Waals surface area contributed by atoms with Crippen LogP contribution in [-0.2, 0) is 18.0 Å². The van der Waals surface area contributed by atoms with Gasteiger partial charge in [-0.25, -0.2) is 9.37 Å². The van der Waals surface area contributed by atoms with E-state index >= 15 is 0 Å². The van der Waals surface area contributed by atoms with Gasteiger partial charge in [-0.3, -0.25) is 4.79 Å². The van der Waals surface area contributed by atoms with Crippen molar-refractivity contribution in [1.82, 2.24) is 19.7 Å². The summed E-state index contributed by atoms with van der Waals surface area (Å²) in [5.41, 5.74) is 0.539. The van der Waals surface area contributed by atoms with Crippen LogP contribution in [0.4, 0.5) is 22.7 Å². The summed E-state index contributed by atoms with van der Waals surface area (Å²) in [6.07, 6.45) is -4.61. The minimum atomic E-state index is -4.61. The summed E-state index contributed by atoms with van der Waals surface area (Å²) in [6, 6.07) is 4.05. The van der Waals surface area contributed by atoms with Gasteiger partial charge in [0.2, 0.25) is 11.7 Å². The molecule has 2 heterocycles. The van der Waals surface area contributed by atoms with E-state index in [-0.39, 0.29) is 16.0 Å². The van der Waals surface area contributed by atoms with Crippen LogP contribution in [0.3, 0.4) is 0 Å². The van der Waals surface area contributed by atoms with Crippen LogP contribution in [-0.4, -0.2) is 31.4 Å². The van der Waals surface area contributed by atoms with E-state index < -0.39 is 23.7 Å². The number of aromatic nitrogens is 4. The Morgan fingerprint density at radius 3 is 2.80 bits per heavy atom. The first-order chi connectivity index (χ1) is 11.7. The minimum absolute atomic E-state index is 0.0335. The van der Waals surface area contributed by atoms with Gasteiger partial charge in [-0.15, -0.1) is 10.2 Å². The van der Waals surface area contributed by atoms with Gasteiger partial charge in [0.25, 0.3) is 0 Å². The molecule has 0 radical (unpaired) electrons. The summed E-state index contributed by atoms with van der Waals surface area (Å²) in [7, 11) is 1.17. The number of carbonyl (C=O) groups is 1. The van der Waals surface area contributed by atoms with Crippen molar-refractivity contribution in [3.05, 3.63) is 29.8 Å². The number of anilines is 1. The quantitative estimate of drug-likeness (QED) is 0.546. The number of thiazole rings is 1. The number of hydrogen-bond acceptors (Lipinski definition) is 6. The van der Waals surface area contributed by atoms with Crippen molar-refractivity contribution in [2.24, 2.45) is 7.05 Å². The number of hydrogen-bond donors (Lipinski definition) is 1. The van der Waals surface area contributed by atoms with Gasteiger partial charge in [-0.2, -0.15) is 13.2 Å². The van der Waals surface area contributed by atoms with E-state index in [4.69, 9.17) is 0 Å². The Bertz CT molecular complexity index is 936. The van der Waals surface area contributed by atoms with Crippen LogP contribution in [0.25, 0.3) is 10.2 Å². The predicted molar refractivity (Wildman–Crippen MR) is 84.9 cm³/mol. The van der Waals surface area contributed by atoms with E-state index in [0.717, 1.165) is 27.7 Å². The maximum absolute atomic E-state index is 13.1. The smallest absolute Gasteiger partial charge is 0.302 e. The fraction of sp³-hybridized carbons (Fsp3) is 0.231. The number of fused-ring (bicyclic) bond motifs is 1. The third-order valence-corrected chi connectivity index (χ3v) is 4.97. The number of alkyl halides is 3. The SMILES string of the molecule is Cn1c(SCC(=O)Nc2nc3ccc(F)cc3s2)nnc1C(F)(F)F. The Labute approximate surface area is 146 Å². The molecule has 6 nitrogen and oxygen atoms in total. The average molecular weight is 391 g/mol. The molecule has 25 heavy (non-hydrogen) atoms. The lowest BCUT2D eigenvalue weighted by Crippen LogP contribution is -2.15. The minimum Gasteiger partial charge on any atom is -0.302 e. The summed E-state index contributed by atoms with van der Waals surface area (Å²) >= 11 is 1.91. The molecular weight excluding hydrogens is 382 g/mol. The van der Waals surface area contributed by atoms with Crippen molar-refractivity contribution in [2.75, 3.05) is 11.1 Å². The fourth-order valence-corrected chi connectivity index (χ4v) is 3.54. The van der Waals surface area contributed by atoms with Crippen molar-refractivity contribution in [1.29, 1.82) is 0 Å². The van der Waals surface area contributed by atoms with Gasteiger partial charge < -0.3 is 9.88 Å². The summed E-state index contributed by atoms with van der Waals surface area (Å²) in [6.45, 7) is 0. The Morgan fingerprint density at radius 2 is 2.12 bits per heavy atom. The van der Waals surface area contributed by atoms with E-state index in [1.807, 2.05) is 0 Å². The summed E-state index contributed by atoms with van der Waals surface area (Å²) in [5.74, 6) is -2.19. The molecule has 1 N–H and O–H groups in total. The number of thioether (sulfide) groups is 1. The van der Waals surface area contributed by atoms with Crippen LogP contribution in [0, 0.1) is 5.82 Å². The molecule has 1 amide bonds. The molecular formula is C13H9F4N5OS2. The highest BCUT2D eigenvalue weighted by Gasteiger charge is 2.37. The Kier molecular flexibility index (Phi) is 4.64. The van der Waals surface area contributed by atoms with E-state index in [0.29, 0.717) is 10.2 Å². The molecule has 0 atom stereocenters. The molecule has 0 unspecified atom stereocenters. The molecule has 0 bridgehead atoms. The third-order valence-electron chi connectivity index (χ3n) is 3.02. The fourth-order valence-electron chi connectivity index (χ4n) is 1.92. The average Bonchev–Trinajstić information content (AvgIpc) is 3.07. The van der Waals surface area contributed by atoms with Crippen LogP contribution < -0.4 is 5.32 Å². The second-order valence-electron chi connectivity index (χ2n) is 4.83. The molecule has 0 saturated heterocycles. The van der Waals surface area contributed by atoms with Crippen LogP contribution in [0.5, 0.6) is 0 Å². The zero-order valence-corrected chi connectivity index (χ0v) is 14.1.